The van der Waals surface area contributed by atoms with Gasteiger partial charge in [0.25, 0.3) is 5.56 Å². The molecular weight excluding hydrogens is 285 g/mol. The first kappa shape index (κ1) is 10.6. The monoisotopic (exact) mass is 291 g/mol. The zero-order chi connectivity index (χ0) is 11.0. The number of nitrogens with one attached hydrogen (secondary N) is 1. The van der Waals surface area contributed by atoms with Crippen molar-refractivity contribution < 1.29 is 4.79 Å². The minimum absolute atomic E-state index is 0.0812. The van der Waals surface area contributed by atoms with Gasteiger partial charge < -0.3 is 0 Å². The molecule has 5 nitrogen and oxygen atoms in total. The minimum Gasteiger partial charge on any atom is -0.292 e. The van der Waals surface area contributed by atoms with Crippen molar-refractivity contribution in [3.63, 3.8) is 0 Å². The van der Waals surface area contributed by atoms with Crippen molar-refractivity contribution in [1.29, 1.82) is 0 Å². The summed E-state index contributed by atoms with van der Waals surface area (Å²) in [5.41, 5.74) is -0.365. The fraction of sp³-hybridized carbons (Fsp3) is 0.375. The Morgan fingerprint density at radius 3 is 2.87 bits per heavy atom. The van der Waals surface area contributed by atoms with Crippen LogP contribution in [0.25, 0.3) is 0 Å². The molecule has 0 radical (unpaired) electrons. The smallest absolute Gasteiger partial charge is 0.253 e. The van der Waals surface area contributed by atoms with E-state index in [1.54, 1.807) is 0 Å². The lowest BCUT2D eigenvalue weighted by atomic mass is 10.4. The highest BCUT2D eigenvalue weighted by Gasteiger charge is 2.30. The average molecular weight is 293 g/mol. The first-order chi connectivity index (χ1) is 7.06. The maximum Gasteiger partial charge on any atom is 0.253 e. The van der Waals surface area contributed by atoms with Crippen molar-refractivity contribution in [1.82, 2.24) is 9.97 Å². The third kappa shape index (κ3) is 2.21. The molecule has 2 heterocycles. The zero-order valence-corrected chi connectivity index (χ0v) is 9.88. The van der Waals surface area contributed by atoms with Crippen LogP contribution in [0.15, 0.2) is 10.9 Å². The Balaban J connectivity index is 2.37. The molecule has 1 aromatic rings. The van der Waals surface area contributed by atoms with Gasteiger partial charge in [0.2, 0.25) is 11.9 Å². The van der Waals surface area contributed by atoms with Gasteiger partial charge in [-0.05, 0) is 0 Å². The van der Waals surface area contributed by atoms with Crippen molar-refractivity contribution in [3.8, 4) is 0 Å². The van der Waals surface area contributed by atoms with Gasteiger partial charge in [0.05, 0.1) is 0 Å². The molecule has 1 fully saturated rings. The number of H-pyrrole nitrogens is 1. The van der Waals surface area contributed by atoms with Gasteiger partial charge >= 0.3 is 0 Å². The maximum absolute atomic E-state index is 11.5. The summed E-state index contributed by atoms with van der Waals surface area (Å²) in [6, 6.07) is 1.16. The van der Waals surface area contributed by atoms with Gasteiger partial charge in [0.1, 0.15) is 5.15 Å². The van der Waals surface area contributed by atoms with Crippen LogP contribution in [0.4, 0.5) is 5.95 Å². The van der Waals surface area contributed by atoms with Crippen LogP contribution in [0, 0.1) is 0 Å². The molecular formula is C8H7BrClN3O2. The van der Waals surface area contributed by atoms with Crippen LogP contribution in [-0.2, 0) is 4.79 Å². The SMILES string of the molecule is O=C1CC(Br)CN1c1nc(Cl)cc(=O)[nH]1. The molecule has 0 saturated carbocycles. The minimum atomic E-state index is -0.365. The van der Waals surface area contributed by atoms with Crippen LogP contribution < -0.4 is 10.5 Å². The van der Waals surface area contributed by atoms with Gasteiger partial charge in [-0.1, -0.05) is 27.5 Å². The van der Waals surface area contributed by atoms with E-state index in [1.807, 2.05) is 0 Å². The predicted octanol–water partition coefficient (Wildman–Crippen LogP) is 0.923. The van der Waals surface area contributed by atoms with Crippen LogP contribution in [0.3, 0.4) is 0 Å². The normalized spacial score (nSPS) is 21.1. The molecule has 7 heteroatoms. The average Bonchev–Trinajstić information content (AvgIpc) is 2.43. The topological polar surface area (TPSA) is 66.1 Å². The fourth-order valence-corrected chi connectivity index (χ4v) is 2.16. The quantitative estimate of drug-likeness (QED) is 0.618. The summed E-state index contributed by atoms with van der Waals surface area (Å²) in [6.07, 6.45) is 0.399. The number of amides is 1. The van der Waals surface area contributed by atoms with Gasteiger partial charge in [-0.2, -0.15) is 0 Å². The van der Waals surface area contributed by atoms with Crippen LogP contribution in [-0.4, -0.2) is 27.2 Å². The highest BCUT2D eigenvalue weighted by atomic mass is 79.9. The summed E-state index contributed by atoms with van der Waals surface area (Å²) in [4.78, 5) is 30.5. The number of carbonyl (C=O) groups is 1. The van der Waals surface area contributed by atoms with E-state index in [-0.39, 0.29) is 27.4 Å². The predicted molar refractivity (Wildman–Crippen MR) is 59.6 cm³/mol. The molecule has 1 aromatic heterocycles. The number of halogens is 2. The lowest BCUT2D eigenvalue weighted by molar-refractivity contribution is -0.117. The Morgan fingerprint density at radius 1 is 1.60 bits per heavy atom. The Morgan fingerprint density at radius 2 is 2.33 bits per heavy atom. The number of anilines is 1. The molecule has 1 atom stereocenters. The van der Waals surface area contributed by atoms with Crippen LogP contribution in [0.1, 0.15) is 6.42 Å². The number of rotatable bonds is 1. The lowest BCUT2D eigenvalue weighted by Crippen LogP contribution is -2.28. The van der Waals surface area contributed by atoms with Crippen LogP contribution in [0.5, 0.6) is 0 Å². The van der Waals surface area contributed by atoms with E-state index in [1.165, 1.54) is 4.90 Å². The highest BCUT2D eigenvalue weighted by molar-refractivity contribution is 9.09. The molecule has 1 aliphatic heterocycles. The van der Waals surface area contributed by atoms with E-state index in [2.05, 4.69) is 25.9 Å². The molecule has 1 unspecified atom stereocenters. The summed E-state index contributed by atoms with van der Waals surface area (Å²) < 4.78 is 0. The summed E-state index contributed by atoms with van der Waals surface area (Å²) in [7, 11) is 0. The number of alkyl halides is 1. The van der Waals surface area contributed by atoms with Gasteiger partial charge in [-0.25, -0.2) is 4.98 Å². The lowest BCUT2D eigenvalue weighted by Gasteiger charge is -2.13. The van der Waals surface area contributed by atoms with Crippen molar-refractivity contribution >= 4 is 39.4 Å². The van der Waals surface area contributed by atoms with Crippen LogP contribution in [0.2, 0.25) is 5.15 Å². The zero-order valence-electron chi connectivity index (χ0n) is 7.54. The summed E-state index contributed by atoms with van der Waals surface area (Å²) in [5.74, 6) is 0.127. The molecule has 1 saturated heterocycles. The second kappa shape index (κ2) is 3.94. The molecule has 0 spiro atoms. The Labute approximate surface area is 98.6 Å². The molecule has 0 bridgehead atoms. The van der Waals surface area contributed by atoms with E-state index in [0.717, 1.165) is 6.07 Å². The summed E-state index contributed by atoms with van der Waals surface area (Å²) in [5, 5.41) is 0.0829. The second-order valence-electron chi connectivity index (χ2n) is 3.20. The number of nitrogens with zero attached hydrogens (tertiary/aromatic N) is 2. The second-order valence-corrected chi connectivity index (χ2v) is 4.88. The van der Waals surface area contributed by atoms with Crippen LogP contribution >= 0.6 is 27.5 Å². The van der Waals surface area contributed by atoms with Crippen molar-refractivity contribution in [2.24, 2.45) is 0 Å². The molecule has 1 N–H and O–H groups in total. The Bertz CT molecular complexity index is 461. The largest absolute Gasteiger partial charge is 0.292 e. The Hall–Kier alpha value is -0.880. The van der Waals surface area contributed by atoms with E-state index >= 15 is 0 Å². The van der Waals surface area contributed by atoms with Crippen molar-refractivity contribution in [3.05, 3.63) is 21.6 Å². The number of carbonyl (C=O) groups excluding carboxylic acids is 1. The number of hydrogen-bond acceptors (Lipinski definition) is 3. The fourth-order valence-electron chi connectivity index (χ4n) is 1.41. The maximum atomic E-state index is 11.5. The number of aromatic amines is 1. The van der Waals surface area contributed by atoms with E-state index in [0.29, 0.717) is 13.0 Å². The van der Waals surface area contributed by atoms with Gasteiger partial charge in [0, 0.05) is 23.9 Å². The molecule has 15 heavy (non-hydrogen) atoms. The van der Waals surface area contributed by atoms with E-state index in [9.17, 15) is 9.59 Å². The van der Waals surface area contributed by atoms with Gasteiger partial charge in [-0.15, -0.1) is 0 Å². The molecule has 0 aliphatic carbocycles. The standard InChI is InChI=1S/C8H7BrClN3O2/c9-4-1-7(15)13(3-4)8-11-5(10)2-6(14)12-8/h2,4H,1,3H2,(H,11,12,14). The number of aromatic nitrogens is 2. The van der Waals surface area contributed by atoms with E-state index in [4.69, 9.17) is 11.6 Å². The number of hydrogen-bond donors (Lipinski definition) is 1. The molecule has 0 aromatic carbocycles. The molecule has 1 amide bonds. The summed E-state index contributed by atoms with van der Waals surface area (Å²) in [6.45, 7) is 0.488. The summed E-state index contributed by atoms with van der Waals surface area (Å²) >= 11 is 8.97. The first-order valence-electron chi connectivity index (χ1n) is 4.27. The molecule has 80 valence electrons. The highest BCUT2D eigenvalue weighted by Crippen LogP contribution is 2.22. The van der Waals surface area contributed by atoms with Crippen molar-refractivity contribution in [2.45, 2.75) is 11.2 Å². The van der Waals surface area contributed by atoms with Gasteiger partial charge in [-0.3, -0.25) is 19.5 Å². The molecule has 2 rings (SSSR count). The van der Waals surface area contributed by atoms with Gasteiger partial charge in [0.15, 0.2) is 0 Å². The van der Waals surface area contributed by atoms with E-state index < -0.39 is 0 Å². The third-order valence-corrected chi connectivity index (χ3v) is 2.84. The molecule has 1 aliphatic rings. The first-order valence-corrected chi connectivity index (χ1v) is 5.57. The van der Waals surface area contributed by atoms with Crippen molar-refractivity contribution in [2.75, 3.05) is 11.4 Å². The third-order valence-electron chi connectivity index (χ3n) is 2.03. The Kier molecular flexibility index (Phi) is 2.79.